The molecule has 2 aromatic rings. The van der Waals surface area contributed by atoms with Gasteiger partial charge in [-0.1, -0.05) is 12.1 Å². The predicted octanol–water partition coefficient (Wildman–Crippen LogP) is 2.37. The Kier molecular flexibility index (Phi) is 5.74. The molecule has 0 aliphatic rings. The topological polar surface area (TPSA) is 134 Å². The van der Waals surface area contributed by atoms with Gasteiger partial charge in [-0.25, -0.2) is 4.79 Å². The van der Waals surface area contributed by atoms with Crippen LogP contribution < -0.4 is 15.8 Å². The number of methoxy groups -OCH3 is 1. The van der Waals surface area contributed by atoms with Gasteiger partial charge in [0.2, 0.25) is 0 Å². The van der Waals surface area contributed by atoms with Gasteiger partial charge in [0.05, 0.1) is 23.3 Å². The molecule has 2 rings (SSSR count). The number of anilines is 2. The lowest BCUT2D eigenvalue weighted by molar-refractivity contribution is -0.383. The van der Waals surface area contributed by atoms with Crippen LogP contribution in [-0.4, -0.2) is 30.0 Å². The largest absolute Gasteiger partial charge is 0.495 e. The number of nitrogens with two attached hydrogens (primary N) is 1. The number of para-hydroxylation sites is 2. The zero-order valence-corrected chi connectivity index (χ0v) is 14.1. The number of ether oxygens (including phenoxy) is 2. The van der Waals surface area contributed by atoms with Crippen LogP contribution >= 0.6 is 0 Å². The van der Waals surface area contributed by atoms with Crippen LogP contribution in [0.1, 0.15) is 17.3 Å². The van der Waals surface area contributed by atoms with Crippen molar-refractivity contribution in [1.29, 1.82) is 0 Å². The average molecular weight is 359 g/mol. The third-order valence-electron chi connectivity index (χ3n) is 3.48. The Morgan fingerprint density at radius 2 is 1.92 bits per heavy atom. The third-order valence-corrected chi connectivity index (χ3v) is 3.48. The predicted molar refractivity (Wildman–Crippen MR) is 94.0 cm³/mol. The number of nitrogens with one attached hydrogen (secondary N) is 1. The van der Waals surface area contributed by atoms with Gasteiger partial charge >= 0.3 is 5.97 Å². The van der Waals surface area contributed by atoms with Crippen molar-refractivity contribution in [3.63, 3.8) is 0 Å². The van der Waals surface area contributed by atoms with E-state index in [4.69, 9.17) is 15.2 Å². The molecular formula is C17H17N3O6. The summed E-state index contributed by atoms with van der Waals surface area (Å²) in [7, 11) is 1.46. The van der Waals surface area contributed by atoms with Crippen molar-refractivity contribution < 1.29 is 24.0 Å². The first-order valence-corrected chi connectivity index (χ1v) is 7.52. The molecule has 26 heavy (non-hydrogen) atoms. The first kappa shape index (κ1) is 18.7. The highest BCUT2D eigenvalue weighted by molar-refractivity contribution is 5.98. The summed E-state index contributed by atoms with van der Waals surface area (Å²) in [5.41, 5.74) is 5.34. The molecule has 1 amide bonds. The van der Waals surface area contributed by atoms with Crippen LogP contribution in [0.25, 0.3) is 0 Å². The van der Waals surface area contributed by atoms with Crippen molar-refractivity contribution in [2.45, 2.75) is 13.0 Å². The molecule has 9 nitrogen and oxygen atoms in total. The molecule has 0 aliphatic heterocycles. The number of benzene rings is 2. The molecule has 0 aromatic heterocycles. The lowest BCUT2D eigenvalue weighted by atomic mass is 10.2. The fraction of sp³-hybridized carbons (Fsp3) is 0.176. The van der Waals surface area contributed by atoms with E-state index in [9.17, 15) is 19.7 Å². The summed E-state index contributed by atoms with van der Waals surface area (Å²) >= 11 is 0. The molecule has 2 aromatic carbocycles. The Morgan fingerprint density at radius 3 is 2.58 bits per heavy atom. The Bertz CT molecular complexity index is 852. The monoisotopic (exact) mass is 359 g/mol. The van der Waals surface area contributed by atoms with Gasteiger partial charge < -0.3 is 20.5 Å². The van der Waals surface area contributed by atoms with Crippen molar-refractivity contribution in [2.24, 2.45) is 0 Å². The molecule has 0 saturated carbocycles. The van der Waals surface area contributed by atoms with Crippen LogP contribution in [-0.2, 0) is 9.53 Å². The Hall–Kier alpha value is -3.62. The number of rotatable bonds is 6. The zero-order chi connectivity index (χ0) is 19.3. The van der Waals surface area contributed by atoms with Crippen molar-refractivity contribution in [2.75, 3.05) is 18.2 Å². The maximum absolute atomic E-state index is 12.2. The van der Waals surface area contributed by atoms with Crippen LogP contribution in [0.15, 0.2) is 42.5 Å². The first-order valence-electron chi connectivity index (χ1n) is 7.52. The number of nitrogens with zero attached hydrogens (tertiary/aromatic N) is 1. The van der Waals surface area contributed by atoms with Gasteiger partial charge in [-0.05, 0) is 31.2 Å². The van der Waals surface area contributed by atoms with Gasteiger partial charge in [0.1, 0.15) is 11.4 Å². The molecule has 0 heterocycles. The highest BCUT2D eigenvalue weighted by atomic mass is 16.6. The maximum Gasteiger partial charge on any atom is 0.339 e. The van der Waals surface area contributed by atoms with Gasteiger partial charge in [-0.3, -0.25) is 14.9 Å². The standard InChI is InChI=1S/C17H17N3O6/c1-10(16(21)19-13-5-3-4-6-15(13)25-2)26-17(22)11-7-8-12(18)14(9-11)20(23)24/h3-10H,18H2,1-2H3,(H,19,21). The molecule has 1 unspecified atom stereocenters. The smallest absolute Gasteiger partial charge is 0.339 e. The fourth-order valence-electron chi connectivity index (χ4n) is 2.09. The summed E-state index contributed by atoms with van der Waals surface area (Å²) in [6.45, 7) is 1.38. The van der Waals surface area contributed by atoms with Gasteiger partial charge in [0.25, 0.3) is 11.6 Å². The minimum absolute atomic E-state index is 0.0754. The third kappa shape index (κ3) is 4.26. The number of hydrogen-bond acceptors (Lipinski definition) is 7. The lowest BCUT2D eigenvalue weighted by Crippen LogP contribution is -2.30. The molecular weight excluding hydrogens is 342 g/mol. The minimum Gasteiger partial charge on any atom is -0.495 e. The molecule has 3 N–H and O–H groups in total. The van der Waals surface area contributed by atoms with E-state index in [1.54, 1.807) is 24.3 Å². The van der Waals surface area contributed by atoms with Crippen LogP contribution in [0.3, 0.4) is 0 Å². The quantitative estimate of drug-likeness (QED) is 0.350. The van der Waals surface area contributed by atoms with Gasteiger partial charge in [-0.2, -0.15) is 0 Å². The van der Waals surface area contributed by atoms with Gasteiger partial charge in [-0.15, -0.1) is 0 Å². The highest BCUT2D eigenvalue weighted by Gasteiger charge is 2.22. The lowest BCUT2D eigenvalue weighted by Gasteiger charge is -2.15. The number of nitro groups is 1. The number of nitrogen functional groups attached to an aromatic ring is 1. The van der Waals surface area contributed by atoms with Crippen LogP contribution in [0, 0.1) is 10.1 Å². The van der Waals surface area contributed by atoms with Crippen LogP contribution in [0.5, 0.6) is 5.75 Å². The summed E-state index contributed by atoms with van der Waals surface area (Å²) < 4.78 is 10.2. The molecule has 0 saturated heterocycles. The molecule has 0 spiro atoms. The minimum atomic E-state index is -1.14. The molecule has 1 atom stereocenters. The van der Waals surface area contributed by atoms with E-state index >= 15 is 0 Å². The molecule has 9 heteroatoms. The average Bonchev–Trinajstić information content (AvgIpc) is 2.62. The van der Waals surface area contributed by atoms with Gasteiger partial charge in [0.15, 0.2) is 6.10 Å². The Labute approximate surface area is 148 Å². The maximum atomic E-state index is 12.2. The van der Waals surface area contributed by atoms with Crippen molar-refractivity contribution >= 4 is 28.9 Å². The summed E-state index contributed by atoms with van der Waals surface area (Å²) in [5, 5.41) is 13.5. The van der Waals surface area contributed by atoms with E-state index in [0.29, 0.717) is 11.4 Å². The Balaban J connectivity index is 2.08. The summed E-state index contributed by atoms with van der Waals surface area (Å²) in [4.78, 5) is 34.5. The van der Waals surface area contributed by atoms with E-state index in [1.807, 2.05) is 0 Å². The number of carbonyl (C=O) groups excluding carboxylic acids is 2. The normalized spacial score (nSPS) is 11.3. The van der Waals surface area contributed by atoms with Crippen molar-refractivity contribution in [1.82, 2.24) is 0 Å². The van der Waals surface area contributed by atoms with E-state index in [0.717, 1.165) is 6.07 Å². The number of esters is 1. The summed E-state index contributed by atoms with van der Waals surface area (Å²) in [6, 6.07) is 10.3. The molecule has 0 bridgehead atoms. The SMILES string of the molecule is COc1ccccc1NC(=O)C(C)OC(=O)c1ccc(N)c([N+](=O)[O-])c1. The second-order valence-electron chi connectivity index (χ2n) is 5.27. The van der Waals surface area contributed by atoms with E-state index in [1.165, 1.54) is 26.2 Å². The second-order valence-corrected chi connectivity index (χ2v) is 5.27. The van der Waals surface area contributed by atoms with Crippen molar-refractivity contribution in [3.05, 3.63) is 58.1 Å². The zero-order valence-electron chi connectivity index (χ0n) is 14.1. The molecule has 0 fully saturated rings. The number of amides is 1. The van der Waals surface area contributed by atoms with Crippen LogP contribution in [0.4, 0.5) is 17.1 Å². The van der Waals surface area contributed by atoms with E-state index in [-0.39, 0.29) is 11.3 Å². The molecule has 0 aliphatic carbocycles. The van der Waals surface area contributed by atoms with Crippen LogP contribution in [0.2, 0.25) is 0 Å². The van der Waals surface area contributed by atoms with E-state index < -0.39 is 28.6 Å². The summed E-state index contributed by atoms with van der Waals surface area (Å²) in [5.74, 6) is -1.00. The fourth-order valence-corrected chi connectivity index (χ4v) is 2.09. The van der Waals surface area contributed by atoms with Gasteiger partial charge in [0, 0.05) is 6.07 Å². The number of carbonyl (C=O) groups is 2. The molecule has 136 valence electrons. The second kappa shape index (κ2) is 7.97. The molecule has 0 radical (unpaired) electrons. The first-order chi connectivity index (χ1) is 12.3. The Morgan fingerprint density at radius 1 is 1.23 bits per heavy atom. The summed E-state index contributed by atoms with van der Waals surface area (Å²) in [6.07, 6.45) is -1.14. The number of hydrogen-bond donors (Lipinski definition) is 2. The highest BCUT2D eigenvalue weighted by Crippen LogP contribution is 2.24. The van der Waals surface area contributed by atoms with E-state index in [2.05, 4.69) is 5.32 Å². The van der Waals surface area contributed by atoms with Crippen molar-refractivity contribution in [3.8, 4) is 5.75 Å². The number of nitro benzene ring substituents is 1.